The van der Waals surface area contributed by atoms with Gasteiger partial charge in [-0.25, -0.2) is 4.79 Å². The Morgan fingerprint density at radius 3 is 2.52 bits per heavy atom. The highest BCUT2D eigenvalue weighted by Gasteiger charge is 2.37. The fourth-order valence-corrected chi connectivity index (χ4v) is 2.68. The zero-order valence-electron chi connectivity index (χ0n) is 13.1. The van der Waals surface area contributed by atoms with Crippen LogP contribution >= 0.6 is 0 Å². The molecule has 0 saturated carbocycles. The lowest BCUT2D eigenvalue weighted by Crippen LogP contribution is -2.46. The van der Waals surface area contributed by atoms with Gasteiger partial charge in [-0.05, 0) is 35.7 Å². The van der Waals surface area contributed by atoms with Crippen molar-refractivity contribution in [2.75, 3.05) is 19.8 Å². The normalized spacial score (nSPS) is 15.7. The molecule has 2 aromatic rings. The van der Waals surface area contributed by atoms with Crippen LogP contribution in [0, 0.1) is 5.41 Å². The largest absolute Gasteiger partial charge is 0.493 e. The first kappa shape index (κ1) is 15.6. The standard InChI is InChI=1S/C19H20O4/c1-2-19(11-22-12-19)13-23-15-8-9-16(17(10-15)18(20)21)14-6-4-3-5-7-14/h3-10H,2,11-13H2,1H3,(H,20,21). The van der Waals surface area contributed by atoms with Crippen LogP contribution in [0.4, 0.5) is 0 Å². The lowest BCUT2D eigenvalue weighted by atomic mass is 9.84. The van der Waals surface area contributed by atoms with E-state index in [2.05, 4.69) is 6.92 Å². The molecular weight excluding hydrogens is 292 g/mol. The summed E-state index contributed by atoms with van der Waals surface area (Å²) in [6.07, 6.45) is 0.987. The SMILES string of the molecule is CCC1(COc2ccc(-c3ccccc3)c(C(=O)O)c2)COC1. The molecule has 1 saturated heterocycles. The van der Waals surface area contributed by atoms with E-state index >= 15 is 0 Å². The van der Waals surface area contributed by atoms with E-state index in [0.29, 0.717) is 31.1 Å². The topological polar surface area (TPSA) is 55.8 Å². The van der Waals surface area contributed by atoms with Crippen molar-refractivity contribution in [3.05, 3.63) is 54.1 Å². The molecule has 1 aliphatic rings. The molecule has 3 rings (SSSR count). The molecule has 4 nitrogen and oxygen atoms in total. The van der Waals surface area contributed by atoms with Gasteiger partial charge in [-0.1, -0.05) is 37.3 Å². The van der Waals surface area contributed by atoms with Crippen LogP contribution in [0.1, 0.15) is 23.7 Å². The second kappa shape index (κ2) is 6.42. The number of benzene rings is 2. The van der Waals surface area contributed by atoms with Gasteiger partial charge in [0.2, 0.25) is 0 Å². The molecule has 1 fully saturated rings. The fraction of sp³-hybridized carbons (Fsp3) is 0.316. The number of carboxylic acid groups (broad SMARTS) is 1. The Morgan fingerprint density at radius 2 is 1.96 bits per heavy atom. The van der Waals surface area contributed by atoms with Gasteiger partial charge in [-0.3, -0.25) is 0 Å². The van der Waals surface area contributed by atoms with Gasteiger partial charge >= 0.3 is 5.97 Å². The Kier molecular flexibility index (Phi) is 4.35. The Hall–Kier alpha value is -2.33. The van der Waals surface area contributed by atoms with Crippen molar-refractivity contribution in [2.24, 2.45) is 5.41 Å². The molecule has 23 heavy (non-hydrogen) atoms. The summed E-state index contributed by atoms with van der Waals surface area (Å²) in [5.41, 5.74) is 1.90. The van der Waals surface area contributed by atoms with Crippen molar-refractivity contribution in [1.29, 1.82) is 0 Å². The van der Waals surface area contributed by atoms with Crippen LogP contribution in [-0.4, -0.2) is 30.9 Å². The highest BCUT2D eigenvalue weighted by molar-refractivity contribution is 5.96. The third-order valence-electron chi connectivity index (χ3n) is 4.42. The van der Waals surface area contributed by atoms with Gasteiger partial charge in [0.15, 0.2) is 0 Å². The molecule has 0 bridgehead atoms. The molecule has 0 aromatic heterocycles. The summed E-state index contributed by atoms with van der Waals surface area (Å²) in [4.78, 5) is 11.6. The average Bonchev–Trinajstić information content (AvgIpc) is 2.55. The number of hydrogen-bond acceptors (Lipinski definition) is 3. The highest BCUT2D eigenvalue weighted by Crippen LogP contribution is 2.33. The molecule has 0 unspecified atom stereocenters. The smallest absolute Gasteiger partial charge is 0.336 e. The predicted molar refractivity (Wildman–Crippen MR) is 87.9 cm³/mol. The average molecular weight is 312 g/mol. The monoisotopic (exact) mass is 312 g/mol. The quantitative estimate of drug-likeness (QED) is 0.880. The second-order valence-electron chi connectivity index (χ2n) is 6.01. The minimum Gasteiger partial charge on any atom is -0.493 e. The van der Waals surface area contributed by atoms with Crippen LogP contribution in [0.2, 0.25) is 0 Å². The number of ether oxygens (including phenoxy) is 2. The van der Waals surface area contributed by atoms with Crippen LogP contribution in [-0.2, 0) is 4.74 Å². The zero-order valence-corrected chi connectivity index (χ0v) is 13.1. The molecule has 0 aliphatic carbocycles. The minimum atomic E-state index is -0.952. The van der Waals surface area contributed by atoms with Crippen LogP contribution in [0.25, 0.3) is 11.1 Å². The van der Waals surface area contributed by atoms with E-state index in [1.54, 1.807) is 6.07 Å². The molecule has 4 heteroatoms. The highest BCUT2D eigenvalue weighted by atomic mass is 16.5. The number of aromatic carboxylic acids is 1. The summed E-state index contributed by atoms with van der Waals surface area (Å²) in [5, 5.41) is 9.51. The molecule has 0 spiro atoms. The van der Waals surface area contributed by atoms with E-state index < -0.39 is 5.97 Å². The van der Waals surface area contributed by atoms with Crippen LogP contribution in [0.15, 0.2) is 48.5 Å². The molecule has 1 aliphatic heterocycles. The maximum absolute atomic E-state index is 11.6. The van der Waals surface area contributed by atoms with Gasteiger partial charge in [-0.15, -0.1) is 0 Å². The molecule has 0 atom stereocenters. The first-order chi connectivity index (χ1) is 11.1. The van der Waals surface area contributed by atoms with Gasteiger partial charge in [0, 0.05) is 0 Å². The summed E-state index contributed by atoms with van der Waals surface area (Å²) < 4.78 is 11.1. The maximum atomic E-state index is 11.6. The van der Waals surface area contributed by atoms with Crippen LogP contribution in [0.5, 0.6) is 5.75 Å². The number of carbonyl (C=O) groups is 1. The van der Waals surface area contributed by atoms with Gasteiger partial charge in [0.05, 0.1) is 30.8 Å². The van der Waals surface area contributed by atoms with Gasteiger partial charge < -0.3 is 14.6 Å². The summed E-state index contributed by atoms with van der Waals surface area (Å²) in [6, 6.07) is 14.8. The van der Waals surface area contributed by atoms with E-state index in [9.17, 15) is 9.90 Å². The van der Waals surface area contributed by atoms with Gasteiger partial charge in [0.1, 0.15) is 5.75 Å². The van der Waals surface area contributed by atoms with Gasteiger partial charge in [-0.2, -0.15) is 0 Å². The van der Waals surface area contributed by atoms with Crippen molar-refractivity contribution in [3.8, 4) is 16.9 Å². The third-order valence-corrected chi connectivity index (χ3v) is 4.42. The summed E-state index contributed by atoms with van der Waals surface area (Å²) in [5.74, 6) is -0.367. The lowest BCUT2D eigenvalue weighted by Gasteiger charge is -2.40. The summed E-state index contributed by atoms with van der Waals surface area (Å²) >= 11 is 0. The third kappa shape index (κ3) is 3.22. The predicted octanol–water partition coefficient (Wildman–Crippen LogP) is 3.86. The molecule has 120 valence electrons. The fourth-order valence-electron chi connectivity index (χ4n) is 2.68. The summed E-state index contributed by atoms with van der Waals surface area (Å²) in [7, 11) is 0. The summed E-state index contributed by atoms with van der Waals surface area (Å²) in [6.45, 7) is 4.08. The minimum absolute atomic E-state index is 0.0709. The lowest BCUT2D eigenvalue weighted by molar-refractivity contribution is -0.133. The molecule has 0 radical (unpaired) electrons. The Balaban J connectivity index is 1.84. The molecular formula is C19H20O4. The maximum Gasteiger partial charge on any atom is 0.336 e. The van der Waals surface area contributed by atoms with Crippen molar-refractivity contribution in [1.82, 2.24) is 0 Å². The zero-order chi connectivity index (χ0) is 16.3. The number of carboxylic acids is 1. The van der Waals surface area contributed by atoms with Crippen LogP contribution in [0.3, 0.4) is 0 Å². The number of rotatable bonds is 6. The van der Waals surface area contributed by atoms with E-state index in [-0.39, 0.29) is 11.0 Å². The first-order valence-corrected chi connectivity index (χ1v) is 7.77. The molecule has 0 amide bonds. The Bertz CT molecular complexity index is 684. The second-order valence-corrected chi connectivity index (χ2v) is 6.01. The first-order valence-electron chi connectivity index (χ1n) is 7.77. The van der Waals surface area contributed by atoms with Crippen molar-refractivity contribution in [2.45, 2.75) is 13.3 Å². The van der Waals surface area contributed by atoms with Crippen molar-refractivity contribution in [3.63, 3.8) is 0 Å². The van der Waals surface area contributed by atoms with Gasteiger partial charge in [0.25, 0.3) is 0 Å². The van der Waals surface area contributed by atoms with E-state index in [0.717, 1.165) is 12.0 Å². The van der Waals surface area contributed by atoms with Crippen LogP contribution < -0.4 is 4.74 Å². The number of hydrogen-bond donors (Lipinski definition) is 1. The Labute approximate surface area is 135 Å². The van der Waals surface area contributed by atoms with E-state index in [4.69, 9.17) is 9.47 Å². The van der Waals surface area contributed by atoms with E-state index in [1.165, 1.54) is 0 Å². The van der Waals surface area contributed by atoms with Crippen molar-refractivity contribution >= 4 is 5.97 Å². The van der Waals surface area contributed by atoms with E-state index in [1.807, 2.05) is 42.5 Å². The van der Waals surface area contributed by atoms with Crippen molar-refractivity contribution < 1.29 is 19.4 Å². The Morgan fingerprint density at radius 1 is 1.22 bits per heavy atom. The molecule has 1 heterocycles. The molecule has 2 aromatic carbocycles. The molecule has 1 N–H and O–H groups in total.